The predicted octanol–water partition coefficient (Wildman–Crippen LogP) is 2.31. The van der Waals surface area contributed by atoms with Crippen LogP contribution in [0.3, 0.4) is 0 Å². The summed E-state index contributed by atoms with van der Waals surface area (Å²) in [5.74, 6) is 0. The molecule has 16 heavy (non-hydrogen) atoms. The largest absolute Gasteiger partial charge is 0.390 e. The van der Waals surface area contributed by atoms with Gasteiger partial charge in [0.05, 0.1) is 6.42 Å². The third kappa shape index (κ3) is 4.70. The molecule has 1 aliphatic rings. The van der Waals surface area contributed by atoms with E-state index in [1.807, 2.05) is 0 Å². The standard InChI is InChI=1S/C11H21F3N2/c1-10(2)4-3-6-16-9(10)8-15-7-5-11(12,13)14/h9,15-16H,3-8H2,1-2H3. The Kier molecular flexibility index (Phi) is 4.62. The Balaban J connectivity index is 2.21. The first-order valence-corrected chi connectivity index (χ1v) is 5.82. The van der Waals surface area contributed by atoms with Crippen molar-refractivity contribution < 1.29 is 13.2 Å². The summed E-state index contributed by atoms with van der Waals surface area (Å²) in [7, 11) is 0. The van der Waals surface area contributed by atoms with Gasteiger partial charge in [-0.2, -0.15) is 13.2 Å². The first-order valence-electron chi connectivity index (χ1n) is 5.82. The Morgan fingerprint density at radius 3 is 2.62 bits per heavy atom. The molecule has 0 aromatic carbocycles. The van der Waals surface area contributed by atoms with Crippen molar-refractivity contribution in [2.24, 2.45) is 5.41 Å². The van der Waals surface area contributed by atoms with Crippen molar-refractivity contribution in [2.75, 3.05) is 19.6 Å². The molecule has 96 valence electrons. The molecule has 2 N–H and O–H groups in total. The molecule has 0 spiro atoms. The minimum Gasteiger partial charge on any atom is -0.315 e. The first kappa shape index (κ1) is 13.8. The zero-order valence-electron chi connectivity index (χ0n) is 9.95. The summed E-state index contributed by atoms with van der Waals surface area (Å²) in [6.07, 6.45) is -2.53. The lowest BCUT2D eigenvalue weighted by Gasteiger charge is -2.39. The van der Waals surface area contributed by atoms with Crippen molar-refractivity contribution in [3.05, 3.63) is 0 Å². The molecule has 0 aromatic heterocycles. The average molecular weight is 238 g/mol. The first-order chi connectivity index (χ1) is 7.31. The van der Waals surface area contributed by atoms with Crippen LogP contribution in [-0.2, 0) is 0 Å². The second kappa shape index (κ2) is 5.36. The Morgan fingerprint density at radius 2 is 2.06 bits per heavy atom. The number of nitrogens with one attached hydrogen (secondary N) is 2. The van der Waals surface area contributed by atoms with Crippen LogP contribution in [0.4, 0.5) is 13.2 Å². The summed E-state index contributed by atoms with van der Waals surface area (Å²) < 4.78 is 35.8. The van der Waals surface area contributed by atoms with E-state index in [-0.39, 0.29) is 18.0 Å². The van der Waals surface area contributed by atoms with Crippen LogP contribution in [0, 0.1) is 5.41 Å². The van der Waals surface area contributed by atoms with E-state index < -0.39 is 12.6 Å². The molecule has 1 unspecified atom stereocenters. The molecular formula is C11H21F3N2. The van der Waals surface area contributed by atoms with Gasteiger partial charge in [0.15, 0.2) is 0 Å². The van der Waals surface area contributed by atoms with Gasteiger partial charge in [0, 0.05) is 19.1 Å². The number of halogens is 3. The highest BCUT2D eigenvalue weighted by molar-refractivity contribution is 4.89. The fourth-order valence-electron chi connectivity index (χ4n) is 2.10. The van der Waals surface area contributed by atoms with Crippen molar-refractivity contribution in [3.8, 4) is 0 Å². The smallest absolute Gasteiger partial charge is 0.315 e. The molecule has 1 aliphatic heterocycles. The van der Waals surface area contributed by atoms with E-state index >= 15 is 0 Å². The van der Waals surface area contributed by atoms with Gasteiger partial charge in [-0.1, -0.05) is 13.8 Å². The van der Waals surface area contributed by atoms with Gasteiger partial charge in [-0.15, -0.1) is 0 Å². The highest BCUT2D eigenvalue weighted by atomic mass is 19.4. The summed E-state index contributed by atoms with van der Waals surface area (Å²) >= 11 is 0. The van der Waals surface area contributed by atoms with Crippen LogP contribution in [0.2, 0.25) is 0 Å². The van der Waals surface area contributed by atoms with Gasteiger partial charge in [-0.3, -0.25) is 0 Å². The minimum atomic E-state index is -4.05. The maximum atomic E-state index is 11.9. The molecule has 1 atom stereocenters. The zero-order chi connectivity index (χ0) is 12.2. The Morgan fingerprint density at radius 1 is 1.38 bits per heavy atom. The molecule has 1 heterocycles. The quantitative estimate of drug-likeness (QED) is 0.734. The SMILES string of the molecule is CC1(C)CCCNC1CNCCC(F)(F)F. The van der Waals surface area contributed by atoms with Crippen molar-refractivity contribution in [3.63, 3.8) is 0 Å². The van der Waals surface area contributed by atoms with Gasteiger partial charge in [0.25, 0.3) is 0 Å². The maximum Gasteiger partial charge on any atom is 0.390 e. The van der Waals surface area contributed by atoms with Crippen LogP contribution in [0.15, 0.2) is 0 Å². The van der Waals surface area contributed by atoms with Crippen molar-refractivity contribution >= 4 is 0 Å². The lowest BCUT2D eigenvalue weighted by atomic mass is 9.77. The number of rotatable bonds is 4. The fourth-order valence-corrected chi connectivity index (χ4v) is 2.10. The lowest BCUT2D eigenvalue weighted by Crippen LogP contribution is -2.52. The highest BCUT2D eigenvalue weighted by Gasteiger charge is 2.32. The molecule has 0 aliphatic carbocycles. The van der Waals surface area contributed by atoms with Crippen LogP contribution in [0.25, 0.3) is 0 Å². The average Bonchev–Trinajstić information content (AvgIpc) is 2.12. The molecule has 0 radical (unpaired) electrons. The van der Waals surface area contributed by atoms with Crippen molar-refractivity contribution in [2.45, 2.75) is 45.3 Å². The van der Waals surface area contributed by atoms with Gasteiger partial charge in [0.2, 0.25) is 0 Å². The number of hydrogen-bond acceptors (Lipinski definition) is 2. The summed E-state index contributed by atoms with van der Waals surface area (Å²) in [5, 5.41) is 6.25. The van der Waals surface area contributed by atoms with E-state index in [1.54, 1.807) is 0 Å². The van der Waals surface area contributed by atoms with E-state index in [0.29, 0.717) is 6.54 Å². The maximum absolute atomic E-state index is 11.9. The van der Waals surface area contributed by atoms with Crippen LogP contribution in [-0.4, -0.2) is 31.9 Å². The van der Waals surface area contributed by atoms with Crippen molar-refractivity contribution in [1.29, 1.82) is 0 Å². The van der Waals surface area contributed by atoms with Crippen LogP contribution < -0.4 is 10.6 Å². The van der Waals surface area contributed by atoms with E-state index in [0.717, 1.165) is 19.4 Å². The molecule has 0 aromatic rings. The van der Waals surface area contributed by atoms with E-state index in [9.17, 15) is 13.2 Å². The number of alkyl halides is 3. The van der Waals surface area contributed by atoms with Crippen LogP contribution >= 0.6 is 0 Å². The van der Waals surface area contributed by atoms with Gasteiger partial charge in [-0.05, 0) is 24.8 Å². The summed E-state index contributed by atoms with van der Waals surface area (Å²) in [6.45, 7) is 5.92. The number of piperidine rings is 1. The highest BCUT2D eigenvalue weighted by Crippen LogP contribution is 2.29. The zero-order valence-corrected chi connectivity index (χ0v) is 9.95. The molecular weight excluding hydrogens is 217 g/mol. The fraction of sp³-hybridized carbons (Fsp3) is 1.00. The lowest BCUT2D eigenvalue weighted by molar-refractivity contribution is -0.133. The van der Waals surface area contributed by atoms with Crippen LogP contribution in [0.1, 0.15) is 33.1 Å². The molecule has 0 amide bonds. The molecule has 2 nitrogen and oxygen atoms in total. The summed E-state index contributed by atoms with van der Waals surface area (Å²) in [5.41, 5.74) is 0.170. The third-order valence-electron chi connectivity index (χ3n) is 3.27. The second-order valence-electron chi connectivity index (χ2n) is 5.17. The van der Waals surface area contributed by atoms with Crippen LogP contribution in [0.5, 0.6) is 0 Å². The van der Waals surface area contributed by atoms with Gasteiger partial charge >= 0.3 is 6.18 Å². The molecule has 5 heteroatoms. The Labute approximate surface area is 95.0 Å². The topological polar surface area (TPSA) is 24.1 Å². The molecule has 1 rings (SSSR count). The summed E-state index contributed by atoms with van der Waals surface area (Å²) in [4.78, 5) is 0. The van der Waals surface area contributed by atoms with Gasteiger partial charge in [0.1, 0.15) is 0 Å². The van der Waals surface area contributed by atoms with E-state index in [2.05, 4.69) is 24.5 Å². The molecule has 1 saturated heterocycles. The Bertz CT molecular complexity index is 214. The molecule has 1 fully saturated rings. The Hall–Kier alpha value is -0.290. The summed E-state index contributed by atoms with van der Waals surface area (Å²) in [6, 6.07) is 0.273. The second-order valence-corrected chi connectivity index (χ2v) is 5.17. The van der Waals surface area contributed by atoms with Gasteiger partial charge < -0.3 is 10.6 Å². The monoisotopic (exact) mass is 238 g/mol. The van der Waals surface area contributed by atoms with E-state index in [1.165, 1.54) is 0 Å². The molecule has 0 bridgehead atoms. The predicted molar refractivity (Wildman–Crippen MR) is 58.3 cm³/mol. The number of hydrogen-bond donors (Lipinski definition) is 2. The van der Waals surface area contributed by atoms with Gasteiger partial charge in [-0.25, -0.2) is 0 Å². The third-order valence-corrected chi connectivity index (χ3v) is 3.27. The molecule has 0 saturated carbocycles. The van der Waals surface area contributed by atoms with Crippen molar-refractivity contribution in [1.82, 2.24) is 10.6 Å². The van der Waals surface area contributed by atoms with E-state index in [4.69, 9.17) is 0 Å². The minimum absolute atomic E-state index is 0.0117. The normalized spacial score (nSPS) is 25.7.